The van der Waals surface area contributed by atoms with E-state index in [9.17, 15) is 19.0 Å². The number of likely N-dealkylation sites (N-methyl/N-ethyl adjacent to an activating group) is 1. The molecule has 0 heterocycles. The fourth-order valence-electron chi connectivity index (χ4n) is 6.34. The summed E-state index contributed by atoms with van der Waals surface area (Å²) in [5.74, 6) is -0.800. The molecule has 0 rings (SSSR count). The zero-order chi connectivity index (χ0) is 41.4. The smallest absolute Gasteiger partial charge is 0.462 e. The predicted octanol–water partition coefficient (Wildman–Crippen LogP) is 13.1. The van der Waals surface area contributed by atoms with Gasteiger partial charge in [-0.1, -0.05) is 173 Å². The molecule has 0 amide bonds. The van der Waals surface area contributed by atoms with Gasteiger partial charge >= 0.3 is 19.8 Å². The van der Waals surface area contributed by atoms with Crippen LogP contribution in [-0.2, 0) is 32.7 Å². The van der Waals surface area contributed by atoms with E-state index < -0.39 is 26.5 Å². The zero-order valence-corrected chi connectivity index (χ0v) is 38.0. The number of nitrogens with zero attached hydrogens (tertiary/aromatic N) is 1. The van der Waals surface area contributed by atoms with Crippen LogP contribution in [0.15, 0.2) is 24.3 Å². The van der Waals surface area contributed by atoms with Crippen LogP contribution in [0.2, 0.25) is 0 Å². The molecule has 1 N–H and O–H groups in total. The van der Waals surface area contributed by atoms with Gasteiger partial charge in [0.05, 0.1) is 27.7 Å². The van der Waals surface area contributed by atoms with E-state index in [1.54, 1.807) is 0 Å². The highest BCUT2D eigenvalue weighted by atomic mass is 31.2. The van der Waals surface area contributed by atoms with Crippen LogP contribution in [0.5, 0.6) is 0 Å². The maximum absolute atomic E-state index is 12.7. The minimum Gasteiger partial charge on any atom is -0.462 e. The molecule has 0 saturated heterocycles. The molecule has 0 spiro atoms. The lowest BCUT2D eigenvalue weighted by molar-refractivity contribution is -0.870. The molecule has 0 aromatic carbocycles. The molecule has 9 nitrogen and oxygen atoms in total. The first-order valence-electron chi connectivity index (χ1n) is 23.1. The molecule has 0 aromatic heterocycles. The molecule has 10 heteroatoms. The van der Waals surface area contributed by atoms with Crippen LogP contribution in [0.3, 0.4) is 0 Å². The van der Waals surface area contributed by atoms with Crippen molar-refractivity contribution < 1.29 is 42.1 Å². The van der Waals surface area contributed by atoms with E-state index in [4.69, 9.17) is 18.5 Å². The lowest BCUT2D eigenvalue weighted by Gasteiger charge is -2.24. The maximum atomic E-state index is 12.7. The molecule has 2 atom stereocenters. The molecule has 0 aliphatic rings. The summed E-state index contributed by atoms with van der Waals surface area (Å²) in [6, 6.07) is 0. The van der Waals surface area contributed by atoms with Gasteiger partial charge in [0.2, 0.25) is 0 Å². The second kappa shape index (κ2) is 39.0. The van der Waals surface area contributed by atoms with Crippen LogP contribution in [-0.4, -0.2) is 74.9 Å². The lowest BCUT2D eigenvalue weighted by Crippen LogP contribution is -2.37. The largest absolute Gasteiger partial charge is 0.472 e. The summed E-state index contributed by atoms with van der Waals surface area (Å²) < 4.78 is 34.3. The topological polar surface area (TPSA) is 108 Å². The monoisotopic (exact) mass is 815 g/mol. The number of hydrogen-bond donors (Lipinski definition) is 1. The van der Waals surface area contributed by atoms with Crippen LogP contribution >= 0.6 is 7.82 Å². The fraction of sp³-hybridized carbons (Fsp3) is 0.870. The second-order valence-electron chi connectivity index (χ2n) is 16.8. The molecular weight excluding hydrogens is 725 g/mol. The summed E-state index contributed by atoms with van der Waals surface area (Å²) >= 11 is 0. The Bertz CT molecular complexity index is 1010. The minimum absolute atomic E-state index is 0.0319. The van der Waals surface area contributed by atoms with Crippen LogP contribution in [0.1, 0.15) is 206 Å². The summed E-state index contributed by atoms with van der Waals surface area (Å²) in [7, 11) is 1.48. The van der Waals surface area contributed by atoms with Gasteiger partial charge in [0.15, 0.2) is 6.10 Å². The summed E-state index contributed by atoms with van der Waals surface area (Å²) in [5.41, 5.74) is 0. The number of phosphoric acid groups is 1. The van der Waals surface area contributed by atoms with Crippen LogP contribution in [0.4, 0.5) is 0 Å². The van der Waals surface area contributed by atoms with Gasteiger partial charge in [0.1, 0.15) is 19.8 Å². The predicted molar refractivity (Wildman–Crippen MR) is 234 cm³/mol. The first-order chi connectivity index (χ1) is 27.0. The van der Waals surface area contributed by atoms with Gasteiger partial charge in [-0.3, -0.25) is 18.6 Å². The number of ether oxygens (including phenoxy) is 2. The number of quaternary nitrogens is 1. The molecule has 0 fully saturated rings. The molecule has 330 valence electrons. The third-order valence-electron chi connectivity index (χ3n) is 9.98. The molecule has 2 unspecified atom stereocenters. The maximum Gasteiger partial charge on any atom is 0.472 e. The van der Waals surface area contributed by atoms with Crippen LogP contribution < -0.4 is 0 Å². The average Bonchev–Trinajstić information content (AvgIpc) is 3.15. The number of unbranched alkanes of at least 4 members (excludes halogenated alkanes) is 24. The van der Waals surface area contributed by atoms with Gasteiger partial charge in [-0.15, -0.1) is 0 Å². The van der Waals surface area contributed by atoms with E-state index in [1.807, 2.05) is 21.1 Å². The Kier molecular flexibility index (Phi) is 37.9. The highest BCUT2D eigenvalue weighted by Gasteiger charge is 2.27. The molecular formula is C46H89NO8P+. The molecule has 0 aromatic rings. The normalized spacial score (nSPS) is 13.8. The number of allylic oxidation sites excluding steroid dienone is 4. The van der Waals surface area contributed by atoms with Crippen molar-refractivity contribution in [3.05, 3.63) is 24.3 Å². The van der Waals surface area contributed by atoms with E-state index in [1.165, 1.54) is 122 Å². The number of hydrogen-bond acceptors (Lipinski definition) is 7. The standard InChI is InChI=1S/C46H88NO8P/c1-6-8-10-12-14-16-18-20-22-23-24-25-27-29-31-33-35-37-39-46(49)55-44(43-54-56(50,51)53-41-40-47(3,4)5)42-52-45(48)38-36-34-32-30-28-26-21-19-17-15-13-11-9-7-2/h16,18,22-23,44H,6-15,17,19-21,24-43H2,1-5H3/p+1/b18-16-,23-22-. The van der Waals surface area contributed by atoms with E-state index >= 15 is 0 Å². The number of carbonyl (C=O) groups is 2. The first kappa shape index (κ1) is 54.5. The Morgan fingerprint density at radius 2 is 0.964 bits per heavy atom. The Hall–Kier alpha value is -1.51. The first-order valence-corrected chi connectivity index (χ1v) is 24.6. The molecule has 0 bridgehead atoms. The third kappa shape index (κ3) is 42.1. The highest BCUT2D eigenvalue weighted by Crippen LogP contribution is 2.43. The van der Waals surface area contributed by atoms with Crippen LogP contribution in [0, 0.1) is 0 Å². The molecule has 56 heavy (non-hydrogen) atoms. The summed E-state index contributed by atoms with van der Waals surface area (Å²) in [6.07, 6.45) is 42.1. The van der Waals surface area contributed by atoms with E-state index in [-0.39, 0.29) is 25.6 Å². The molecule has 0 aliphatic heterocycles. The second-order valence-corrected chi connectivity index (χ2v) is 18.2. The molecule has 0 radical (unpaired) electrons. The van der Waals surface area contributed by atoms with E-state index in [0.717, 1.165) is 51.4 Å². The minimum atomic E-state index is -4.37. The quantitative estimate of drug-likeness (QED) is 0.0213. The highest BCUT2D eigenvalue weighted by molar-refractivity contribution is 7.47. The van der Waals surface area contributed by atoms with Crippen molar-refractivity contribution >= 4 is 19.8 Å². The number of rotatable bonds is 42. The van der Waals surface area contributed by atoms with Gasteiger partial charge in [-0.05, 0) is 44.9 Å². The zero-order valence-electron chi connectivity index (χ0n) is 37.1. The van der Waals surface area contributed by atoms with E-state index in [0.29, 0.717) is 23.9 Å². The number of carbonyl (C=O) groups excluding carboxylic acids is 2. The third-order valence-corrected chi connectivity index (χ3v) is 11.0. The van der Waals surface area contributed by atoms with Crippen molar-refractivity contribution in [2.45, 2.75) is 213 Å². The Labute approximate surface area is 345 Å². The number of esters is 2. The SMILES string of the molecule is CCCCCC/C=C\C/C=C\CCCCCCCCCC(=O)OC(COC(=O)CCCCCCCCCCCCCCCC)COP(=O)(O)OCC[N+](C)(C)C. The van der Waals surface area contributed by atoms with Gasteiger partial charge in [-0.25, -0.2) is 4.57 Å². The van der Waals surface area contributed by atoms with Crippen molar-refractivity contribution in [3.8, 4) is 0 Å². The van der Waals surface area contributed by atoms with E-state index in [2.05, 4.69) is 38.2 Å². The van der Waals surface area contributed by atoms with Crippen molar-refractivity contribution in [2.75, 3.05) is 47.5 Å². The summed E-state index contributed by atoms with van der Waals surface area (Å²) in [6.45, 7) is 4.42. The Morgan fingerprint density at radius 3 is 1.43 bits per heavy atom. The molecule has 0 aliphatic carbocycles. The molecule has 0 saturated carbocycles. The van der Waals surface area contributed by atoms with Crippen molar-refractivity contribution in [3.63, 3.8) is 0 Å². The van der Waals surface area contributed by atoms with Gasteiger partial charge < -0.3 is 18.9 Å². The van der Waals surface area contributed by atoms with Crippen molar-refractivity contribution in [1.82, 2.24) is 0 Å². The Morgan fingerprint density at radius 1 is 0.554 bits per heavy atom. The van der Waals surface area contributed by atoms with Crippen molar-refractivity contribution in [1.29, 1.82) is 0 Å². The van der Waals surface area contributed by atoms with Gasteiger partial charge in [0, 0.05) is 12.8 Å². The van der Waals surface area contributed by atoms with Crippen LogP contribution in [0.25, 0.3) is 0 Å². The Balaban J connectivity index is 4.33. The summed E-state index contributed by atoms with van der Waals surface area (Å²) in [5, 5.41) is 0. The van der Waals surface area contributed by atoms with Crippen molar-refractivity contribution in [2.24, 2.45) is 0 Å². The number of phosphoric ester groups is 1. The average molecular weight is 815 g/mol. The fourth-order valence-corrected chi connectivity index (χ4v) is 7.08. The lowest BCUT2D eigenvalue weighted by atomic mass is 10.0. The summed E-state index contributed by atoms with van der Waals surface area (Å²) in [4.78, 5) is 35.4. The van der Waals surface area contributed by atoms with Gasteiger partial charge in [0.25, 0.3) is 0 Å². The van der Waals surface area contributed by atoms with Gasteiger partial charge in [-0.2, -0.15) is 0 Å².